The predicted molar refractivity (Wildman–Crippen MR) is 51.1 cm³/mol. The smallest absolute Gasteiger partial charge is 0.305 e. The topological polar surface area (TPSA) is 85.2 Å². The Kier molecular flexibility index (Phi) is 7.23. The summed E-state index contributed by atoms with van der Waals surface area (Å²) in [5.74, 6) is -2.18. The van der Waals surface area contributed by atoms with Crippen LogP contribution in [0.5, 0.6) is 0 Å². The van der Waals surface area contributed by atoms with Crippen molar-refractivity contribution in [3.8, 4) is 0 Å². The van der Waals surface area contributed by atoms with Crippen molar-refractivity contribution in [3.63, 3.8) is 0 Å². The average Bonchev–Trinajstić information content (AvgIpc) is 2.08. The number of aliphatic hydroxyl groups is 2. The van der Waals surface area contributed by atoms with E-state index in [0.29, 0.717) is 6.61 Å². The molecule has 0 aromatic carbocycles. The highest BCUT2D eigenvalue weighted by Gasteiger charge is 2.23. The first-order valence-electron chi connectivity index (χ1n) is 4.66. The van der Waals surface area contributed by atoms with E-state index in [0.717, 1.165) is 0 Å². The molecule has 15 heavy (non-hydrogen) atoms. The number of hydrogen-bond donors (Lipinski definition) is 2. The van der Waals surface area contributed by atoms with Crippen molar-refractivity contribution in [1.82, 2.24) is 0 Å². The van der Waals surface area contributed by atoms with Crippen LogP contribution in [0.4, 0.5) is 0 Å². The van der Waals surface area contributed by atoms with Gasteiger partial charge in [-0.05, 0) is 0 Å². The van der Waals surface area contributed by atoms with Gasteiger partial charge in [0, 0.05) is 13.8 Å². The Morgan fingerprint density at radius 1 is 1.27 bits per heavy atom. The van der Waals surface area contributed by atoms with Gasteiger partial charge in [-0.15, -0.1) is 0 Å². The lowest BCUT2D eigenvalue weighted by Gasteiger charge is -2.22. The van der Waals surface area contributed by atoms with Crippen molar-refractivity contribution in [1.29, 1.82) is 0 Å². The van der Waals surface area contributed by atoms with Crippen LogP contribution < -0.4 is 0 Å². The molecule has 0 aliphatic rings. The average molecular weight is 222 g/mol. The van der Waals surface area contributed by atoms with Crippen molar-refractivity contribution in [2.45, 2.75) is 19.6 Å². The molecule has 2 N–H and O–H groups in total. The SMILES string of the molecule is CC(=O)OC(C)(O)COCCOCCO. The van der Waals surface area contributed by atoms with E-state index in [4.69, 9.17) is 14.6 Å². The van der Waals surface area contributed by atoms with E-state index >= 15 is 0 Å². The highest BCUT2D eigenvalue weighted by atomic mass is 16.7. The Labute approximate surface area is 88.7 Å². The van der Waals surface area contributed by atoms with Crippen LogP contribution in [0.2, 0.25) is 0 Å². The lowest BCUT2D eigenvalue weighted by Crippen LogP contribution is -2.36. The zero-order chi connectivity index (χ0) is 11.7. The Morgan fingerprint density at radius 2 is 1.87 bits per heavy atom. The summed E-state index contributed by atoms with van der Waals surface area (Å²) in [6.07, 6.45) is 0. The molecule has 0 bridgehead atoms. The van der Waals surface area contributed by atoms with E-state index in [1.54, 1.807) is 0 Å². The normalized spacial score (nSPS) is 14.7. The summed E-state index contributed by atoms with van der Waals surface area (Å²) in [4.78, 5) is 10.5. The van der Waals surface area contributed by atoms with Crippen molar-refractivity contribution >= 4 is 5.97 Å². The van der Waals surface area contributed by atoms with Gasteiger partial charge in [-0.3, -0.25) is 4.79 Å². The minimum absolute atomic E-state index is 0.0365. The zero-order valence-corrected chi connectivity index (χ0v) is 9.06. The highest BCUT2D eigenvalue weighted by molar-refractivity contribution is 5.66. The molecule has 0 aromatic rings. The number of aliphatic hydroxyl groups excluding tert-OH is 1. The first-order valence-corrected chi connectivity index (χ1v) is 4.66. The monoisotopic (exact) mass is 222 g/mol. The Morgan fingerprint density at radius 3 is 2.40 bits per heavy atom. The molecule has 6 heteroatoms. The van der Waals surface area contributed by atoms with Crippen LogP contribution in [0.1, 0.15) is 13.8 Å². The van der Waals surface area contributed by atoms with Gasteiger partial charge in [-0.25, -0.2) is 0 Å². The standard InChI is InChI=1S/C9H18O6/c1-8(11)15-9(2,12)7-14-6-5-13-4-3-10/h10,12H,3-7H2,1-2H3. The third kappa shape index (κ3) is 9.61. The lowest BCUT2D eigenvalue weighted by atomic mass is 10.3. The highest BCUT2D eigenvalue weighted by Crippen LogP contribution is 2.06. The first kappa shape index (κ1) is 14.3. The number of ether oxygens (including phenoxy) is 3. The van der Waals surface area contributed by atoms with Crippen LogP contribution >= 0.6 is 0 Å². The second-order valence-corrected chi connectivity index (χ2v) is 3.16. The van der Waals surface area contributed by atoms with Crippen LogP contribution in [0.3, 0.4) is 0 Å². The summed E-state index contributed by atoms with van der Waals surface area (Å²) in [7, 11) is 0. The Balaban J connectivity index is 3.44. The molecule has 0 amide bonds. The minimum atomic E-state index is -1.61. The quantitative estimate of drug-likeness (QED) is 0.320. The van der Waals surface area contributed by atoms with Gasteiger partial charge in [0.15, 0.2) is 0 Å². The molecule has 0 spiro atoms. The molecule has 0 saturated carbocycles. The second-order valence-electron chi connectivity index (χ2n) is 3.16. The molecule has 0 rings (SSSR count). The summed E-state index contributed by atoms with van der Waals surface area (Å²) in [6.45, 7) is 3.22. The Hall–Kier alpha value is -0.690. The molecule has 0 saturated heterocycles. The van der Waals surface area contributed by atoms with Gasteiger partial charge < -0.3 is 24.4 Å². The minimum Gasteiger partial charge on any atom is -0.431 e. The summed E-state index contributed by atoms with van der Waals surface area (Å²) in [5.41, 5.74) is 0. The number of hydrogen-bond acceptors (Lipinski definition) is 6. The van der Waals surface area contributed by atoms with Gasteiger partial charge >= 0.3 is 5.97 Å². The van der Waals surface area contributed by atoms with E-state index in [2.05, 4.69) is 4.74 Å². The number of rotatable bonds is 8. The van der Waals surface area contributed by atoms with E-state index in [9.17, 15) is 9.90 Å². The molecule has 0 aliphatic heterocycles. The largest absolute Gasteiger partial charge is 0.431 e. The fourth-order valence-corrected chi connectivity index (χ4v) is 0.885. The molecule has 0 fully saturated rings. The van der Waals surface area contributed by atoms with Crippen LogP contribution in [-0.4, -0.2) is 55.0 Å². The molecule has 1 unspecified atom stereocenters. The maximum Gasteiger partial charge on any atom is 0.305 e. The van der Waals surface area contributed by atoms with Crippen molar-refractivity contribution in [2.24, 2.45) is 0 Å². The molecular weight excluding hydrogens is 204 g/mol. The van der Waals surface area contributed by atoms with E-state index in [1.165, 1.54) is 13.8 Å². The van der Waals surface area contributed by atoms with Crippen molar-refractivity contribution in [2.75, 3.05) is 33.0 Å². The third-order valence-corrected chi connectivity index (χ3v) is 1.34. The van der Waals surface area contributed by atoms with Crippen LogP contribution in [0, 0.1) is 0 Å². The van der Waals surface area contributed by atoms with Gasteiger partial charge in [0.05, 0.1) is 26.4 Å². The maximum atomic E-state index is 10.5. The van der Waals surface area contributed by atoms with E-state index < -0.39 is 11.8 Å². The van der Waals surface area contributed by atoms with E-state index in [-0.39, 0.29) is 26.4 Å². The Bertz CT molecular complexity index is 179. The zero-order valence-electron chi connectivity index (χ0n) is 9.06. The fourth-order valence-electron chi connectivity index (χ4n) is 0.885. The van der Waals surface area contributed by atoms with Crippen molar-refractivity contribution in [3.05, 3.63) is 0 Å². The summed E-state index contributed by atoms with van der Waals surface area (Å²) < 4.78 is 14.5. The third-order valence-electron chi connectivity index (χ3n) is 1.34. The molecule has 1 atom stereocenters. The van der Waals surface area contributed by atoms with Gasteiger partial charge in [0.1, 0.15) is 6.61 Å². The second kappa shape index (κ2) is 7.58. The van der Waals surface area contributed by atoms with Gasteiger partial charge in [0.25, 0.3) is 0 Å². The van der Waals surface area contributed by atoms with Crippen LogP contribution in [-0.2, 0) is 19.0 Å². The molecule has 90 valence electrons. The summed E-state index contributed by atoms with van der Waals surface area (Å²) >= 11 is 0. The van der Waals surface area contributed by atoms with Crippen molar-refractivity contribution < 1.29 is 29.2 Å². The lowest BCUT2D eigenvalue weighted by molar-refractivity contribution is -0.219. The van der Waals surface area contributed by atoms with E-state index in [1.807, 2.05) is 0 Å². The van der Waals surface area contributed by atoms with Crippen LogP contribution in [0.25, 0.3) is 0 Å². The first-order chi connectivity index (χ1) is 6.98. The molecule has 0 heterocycles. The summed E-state index contributed by atoms with van der Waals surface area (Å²) in [6, 6.07) is 0. The molecule has 0 aliphatic carbocycles. The van der Waals surface area contributed by atoms with Gasteiger partial charge in [-0.2, -0.15) is 0 Å². The fraction of sp³-hybridized carbons (Fsp3) is 0.889. The van der Waals surface area contributed by atoms with Gasteiger partial charge in [-0.1, -0.05) is 0 Å². The molecule has 0 aromatic heterocycles. The molecule has 0 radical (unpaired) electrons. The number of esters is 1. The molecule has 6 nitrogen and oxygen atoms in total. The van der Waals surface area contributed by atoms with Gasteiger partial charge in [0.2, 0.25) is 5.79 Å². The molecular formula is C9H18O6. The van der Waals surface area contributed by atoms with Crippen LogP contribution in [0.15, 0.2) is 0 Å². The summed E-state index contributed by atoms with van der Waals surface area (Å²) in [5, 5.41) is 17.8. The number of carbonyl (C=O) groups is 1. The number of carbonyl (C=O) groups excluding carboxylic acids is 1. The maximum absolute atomic E-state index is 10.5. The predicted octanol–water partition coefficient (Wildman–Crippen LogP) is -0.717.